The molecule has 1 amide bonds. The van der Waals surface area contributed by atoms with Gasteiger partial charge in [-0.3, -0.25) is 9.48 Å². The van der Waals surface area contributed by atoms with Crippen LogP contribution in [0.2, 0.25) is 0 Å². The summed E-state index contributed by atoms with van der Waals surface area (Å²) < 4.78 is 1.91. The van der Waals surface area contributed by atoms with Gasteiger partial charge >= 0.3 is 0 Å². The number of allylic oxidation sites excluding steroid dienone is 1. The molecular weight excluding hydrogens is 316 g/mol. The highest BCUT2D eigenvalue weighted by Crippen LogP contribution is 2.16. The van der Waals surface area contributed by atoms with Gasteiger partial charge in [-0.15, -0.1) is 0 Å². The number of primary amides is 1. The van der Waals surface area contributed by atoms with Crippen LogP contribution in [-0.2, 0) is 12.0 Å². The van der Waals surface area contributed by atoms with E-state index in [2.05, 4.69) is 41.2 Å². The van der Waals surface area contributed by atoms with Crippen LogP contribution in [-0.4, -0.2) is 32.2 Å². The average molecular weight is 342 g/mol. The van der Waals surface area contributed by atoms with Crippen LogP contribution in [0.15, 0.2) is 30.2 Å². The van der Waals surface area contributed by atoms with Gasteiger partial charge in [-0.05, 0) is 40.2 Å². The summed E-state index contributed by atoms with van der Waals surface area (Å²) in [5.41, 5.74) is 7.81. The summed E-state index contributed by atoms with van der Waals surface area (Å²) in [4.78, 5) is 20.3. The second-order valence-electron chi connectivity index (χ2n) is 7.22. The first-order chi connectivity index (χ1) is 11.7. The summed E-state index contributed by atoms with van der Waals surface area (Å²) >= 11 is 0. The summed E-state index contributed by atoms with van der Waals surface area (Å²) in [6, 6.07) is 0. The first-order valence-electron chi connectivity index (χ1n) is 8.24. The Morgan fingerprint density at radius 2 is 2.04 bits per heavy atom. The quantitative estimate of drug-likeness (QED) is 0.786. The van der Waals surface area contributed by atoms with E-state index >= 15 is 0 Å². The van der Waals surface area contributed by atoms with E-state index in [-0.39, 0.29) is 11.1 Å². The fraction of sp³-hybridized carbons (Fsp3) is 0.444. The zero-order chi connectivity index (χ0) is 18.6. The van der Waals surface area contributed by atoms with E-state index in [4.69, 9.17) is 5.73 Å². The standard InChI is InChI=1S/C18H26N6O/c1-12(2)6-7-20-17-14(16(19)25)10-21-15(23-17)8-13-9-22-24(11-13)18(3,4)5/h6,9-11H,7-8H2,1-5H3,(H2,19,25)(H,20,21,23). The van der Waals surface area contributed by atoms with E-state index in [1.807, 2.05) is 37.0 Å². The normalized spacial score (nSPS) is 11.2. The van der Waals surface area contributed by atoms with Gasteiger partial charge < -0.3 is 11.1 Å². The second kappa shape index (κ2) is 7.46. The van der Waals surface area contributed by atoms with Gasteiger partial charge in [-0.25, -0.2) is 9.97 Å². The van der Waals surface area contributed by atoms with Crippen LogP contribution in [0, 0.1) is 0 Å². The lowest BCUT2D eigenvalue weighted by molar-refractivity contribution is 0.100. The summed E-state index contributed by atoms with van der Waals surface area (Å²) in [5, 5.41) is 7.52. The lowest BCUT2D eigenvalue weighted by Crippen LogP contribution is -2.21. The summed E-state index contributed by atoms with van der Waals surface area (Å²) in [6.45, 7) is 10.9. The zero-order valence-electron chi connectivity index (χ0n) is 15.5. The van der Waals surface area contributed by atoms with Gasteiger partial charge in [0.2, 0.25) is 0 Å². The van der Waals surface area contributed by atoms with Crippen LogP contribution in [0.4, 0.5) is 5.82 Å². The molecule has 0 aliphatic heterocycles. The topological polar surface area (TPSA) is 98.7 Å². The van der Waals surface area contributed by atoms with Crippen molar-refractivity contribution in [2.45, 2.75) is 46.6 Å². The molecule has 134 valence electrons. The molecule has 2 aromatic rings. The summed E-state index contributed by atoms with van der Waals surface area (Å²) in [6.07, 6.45) is 7.82. The van der Waals surface area contributed by atoms with Gasteiger partial charge in [0.1, 0.15) is 11.6 Å². The maximum Gasteiger partial charge on any atom is 0.254 e. The minimum Gasteiger partial charge on any atom is -0.366 e. The Morgan fingerprint density at radius 3 is 2.60 bits per heavy atom. The molecule has 0 unspecified atom stereocenters. The fourth-order valence-corrected chi connectivity index (χ4v) is 2.17. The number of carbonyl (C=O) groups is 1. The highest BCUT2D eigenvalue weighted by Gasteiger charge is 2.16. The number of hydrogen-bond donors (Lipinski definition) is 2. The van der Waals surface area contributed by atoms with E-state index in [1.54, 1.807) is 0 Å². The van der Waals surface area contributed by atoms with Crippen molar-refractivity contribution in [3.05, 3.63) is 47.2 Å². The molecule has 0 spiro atoms. The predicted octanol–water partition coefficient (Wildman–Crippen LogP) is 2.50. The molecule has 0 aliphatic carbocycles. The summed E-state index contributed by atoms with van der Waals surface area (Å²) in [7, 11) is 0. The fourth-order valence-electron chi connectivity index (χ4n) is 2.17. The molecule has 3 N–H and O–H groups in total. The minimum atomic E-state index is -0.549. The molecule has 0 saturated carbocycles. The Bertz CT molecular complexity index is 781. The van der Waals surface area contributed by atoms with Crippen molar-refractivity contribution in [3.63, 3.8) is 0 Å². The Labute approximate surface area is 148 Å². The monoisotopic (exact) mass is 342 g/mol. The van der Waals surface area contributed by atoms with E-state index in [1.165, 1.54) is 11.8 Å². The molecule has 25 heavy (non-hydrogen) atoms. The number of rotatable bonds is 6. The van der Waals surface area contributed by atoms with Crippen LogP contribution < -0.4 is 11.1 Å². The maximum absolute atomic E-state index is 11.6. The SMILES string of the molecule is CC(C)=CCNc1nc(Cc2cnn(C(C)(C)C)c2)ncc1C(N)=O. The van der Waals surface area contributed by atoms with Crippen molar-refractivity contribution in [2.24, 2.45) is 5.73 Å². The highest BCUT2D eigenvalue weighted by molar-refractivity contribution is 5.97. The molecule has 2 heterocycles. The van der Waals surface area contributed by atoms with E-state index in [0.717, 1.165) is 5.56 Å². The largest absolute Gasteiger partial charge is 0.366 e. The third kappa shape index (κ3) is 5.14. The minimum absolute atomic E-state index is 0.0774. The number of hydrogen-bond acceptors (Lipinski definition) is 5. The number of nitrogens with zero attached hydrogens (tertiary/aromatic N) is 4. The number of anilines is 1. The first-order valence-corrected chi connectivity index (χ1v) is 8.24. The van der Waals surface area contributed by atoms with Crippen molar-refractivity contribution in [3.8, 4) is 0 Å². The number of aromatic nitrogens is 4. The van der Waals surface area contributed by atoms with Crippen molar-refractivity contribution in [2.75, 3.05) is 11.9 Å². The molecule has 0 saturated heterocycles. The first kappa shape index (κ1) is 18.6. The Balaban J connectivity index is 2.22. The molecule has 7 heteroatoms. The van der Waals surface area contributed by atoms with Crippen LogP contribution in [0.25, 0.3) is 0 Å². The predicted molar refractivity (Wildman–Crippen MR) is 98.5 cm³/mol. The van der Waals surface area contributed by atoms with Gasteiger partial charge in [0, 0.05) is 25.4 Å². The number of nitrogens with two attached hydrogens (primary N) is 1. The Hall–Kier alpha value is -2.70. The van der Waals surface area contributed by atoms with Crippen molar-refractivity contribution >= 4 is 11.7 Å². The van der Waals surface area contributed by atoms with Gasteiger partial charge in [0.15, 0.2) is 0 Å². The second-order valence-corrected chi connectivity index (χ2v) is 7.22. The van der Waals surface area contributed by atoms with Crippen LogP contribution in [0.3, 0.4) is 0 Å². The van der Waals surface area contributed by atoms with E-state index in [9.17, 15) is 4.79 Å². The van der Waals surface area contributed by atoms with Crippen molar-refractivity contribution < 1.29 is 4.79 Å². The lowest BCUT2D eigenvalue weighted by Gasteiger charge is -2.18. The third-order valence-corrected chi connectivity index (χ3v) is 3.57. The molecule has 0 fully saturated rings. The molecule has 0 aliphatic rings. The van der Waals surface area contributed by atoms with Gasteiger partial charge in [-0.1, -0.05) is 11.6 Å². The lowest BCUT2D eigenvalue weighted by atomic mass is 10.1. The smallest absolute Gasteiger partial charge is 0.254 e. The molecule has 2 rings (SSSR count). The number of nitrogens with one attached hydrogen (secondary N) is 1. The highest BCUT2D eigenvalue weighted by atomic mass is 16.1. The third-order valence-electron chi connectivity index (χ3n) is 3.57. The molecule has 0 aromatic carbocycles. The Morgan fingerprint density at radius 1 is 1.32 bits per heavy atom. The van der Waals surface area contributed by atoms with Gasteiger partial charge in [0.25, 0.3) is 5.91 Å². The molecular formula is C18H26N6O. The van der Waals surface area contributed by atoms with Crippen LogP contribution >= 0.6 is 0 Å². The van der Waals surface area contributed by atoms with Crippen molar-refractivity contribution in [1.29, 1.82) is 0 Å². The van der Waals surface area contributed by atoms with Gasteiger partial charge in [-0.2, -0.15) is 5.10 Å². The Kier molecular flexibility index (Phi) is 5.56. The molecule has 0 atom stereocenters. The van der Waals surface area contributed by atoms with Gasteiger partial charge in [0.05, 0.1) is 17.3 Å². The zero-order valence-corrected chi connectivity index (χ0v) is 15.5. The molecule has 0 radical (unpaired) electrons. The molecule has 2 aromatic heterocycles. The summed E-state index contributed by atoms with van der Waals surface area (Å²) in [5.74, 6) is 0.517. The van der Waals surface area contributed by atoms with E-state index in [0.29, 0.717) is 24.6 Å². The van der Waals surface area contributed by atoms with Crippen LogP contribution in [0.1, 0.15) is 56.4 Å². The maximum atomic E-state index is 11.6. The van der Waals surface area contributed by atoms with Crippen LogP contribution in [0.5, 0.6) is 0 Å². The average Bonchev–Trinajstić information content (AvgIpc) is 2.95. The molecule has 7 nitrogen and oxygen atoms in total. The number of amides is 1. The number of carbonyl (C=O) groups excluding carboxylic acids is 1. The molecule has 0 bridgehead atoms. The van der Waals surface area contributed by atoms with Crippen molar-refractivity contribution in [1.82, 2.24) is 19.7 Å². The van der Waals surface area contributed by atoms with E-state index < -0.39 is 5.91 Å².